The van der Waals surface area contributed by atoms with Gasteiger partial charge in [0.25, 0.3) is 0 Å². The summed E-state index contributed by atoms with van der Waals surface area (Å²) in [4.78, 5) is 8.36. The number of rotatable bonds is 4. The van der Waals surface area contributed by atoms with Crippen LogP contribution in [0.15, 0.2) is 53.8 Å². The molecule has 0 bridgehead atoms. The summed E-state index contributed by atoms with van der Waals surface area (Å²) in [5.74, 6) is 0.439. The molecule has 0 atom stereocenters. The minimum absolute atomic E-state index is 0.439. The number of pyridine rings is 1. The highest BCUT2D eigenvalue weighted by atomic mass is 15.1. The zero-order valence-electron chi connectivity index (χ0n) is 11.0. The first-order valence-corrected chi connectivity index (χ1v) is 6.26. The largest absolute Gasteiger partial charge is 0.370 e. The van der Waals surface area contributed by atoms with Crippen molar-refractivity contribution in [2.75, 3.05) is 11.9 Å². The van der Waals surface area contributed by atoms with Crippen LogP contribution in [0.5, 0.6) is 0 Å². The molecule has 0 saturated heterocycles. The monoisotopic (exact) mass is 254 g/mol. The molecule has 98 valence electrons. The van der Waals surface area contributed by atoms with E-state index < -0.39 is 0 Å². The van der Waals surface area contributed by atoms with Gasteiger partial charge in [-0.1, -0.05) is 18.2 Å². The number of anilines is 1. The van der Waals surface area contributed by atoms with Crippen LogP contribution in [-0.2, 0) is 6.42 Å². The maximum atomic E-state index is 5.84. The Balaban J connectivity index is 1.86. The highest BCUT2D eigenvalue weighted by molar-refractivity contribution is 5.92. The van der Waals surface area contributed by atoms with E-state index in [0.29, 0.717) is 12.5 Å². The molecule has 3 N–H and O–H groups in total. The van der Waals surface area contributed by atoms with Crippen molar-refractivity contribution in [3.8, 4) is 0 Å². The van der Waals surface area contributed by atoms with E-state index in [9.17, 15) is 0 Å². The first kappa shape index (κ1) is 13.1. The van der Waals surface area contributed by atoms with Gasteiger partial charge in [-0.3, -0.25) is 9.98 Å². The van der Waals surface area contributed by atoms with Crippen LogP contribution in [0.3, 0.4) is 0 Å². The Morgan fingerprint density at radius 1 is 1.32 bits per heavy atom. The van der Waals surface area contributed by atoms with Gasteiger partial charge in [0.05, 0.1) is 0 Å². The third-order valence-corrected chi connectivity index (χ3v) is 2.70. The summed E-state index contributed by atoms with van der Waals surface area (Å²) in [6.45, 7) is 2.69. The first-order valence-electron chi connectivity index (χ1n) is 6.26. The van der Waals surface area contributed by atoms with E-state index in [1.54, 1.807) is 6.20 Å². The lowest BCUT2D eigenvalue weighted by atomic mass is 10.2. The fraction of sp³-hybridized carbons (Fsp3) is 0.200. The molecule has 2 rings (SSSR count). The lowest BCUT2D eigenvalue weighted by Crippen LogP contribution is -2.23. The van der Waals surface area contributed by atoms with Crippen LogP contribution in [0.2, 0.25) is 0 Å². The zero-order valence-corrected chi connectivity index (χ0v) is 11.0. The van der Waals surface area contributed by atoms with Crippen LogP contribution in [0, 0.1) is 6.92 Å². The van der Waals surface area contributed by atoms with Crippen molar-refractivity contribution < 1.29 is 0 Å². The Labute approximate surface area is 113 Å². The van der Waals surface area contributed by atoms with Gasteiger partial charge in [0.2, 0.25) is 0 Å². The molecule has 0 saturated carbocycles. The molecule has 1 aromatic carbocycles. The number of nitrogens with two attached hydrogens (primary N) is 1. The second-order valence-electron chi connectivity index (χ2n) is 4.37. The number of aliphatic imine (C=N–C) groups is 1. The Morgan fingerprint density at radius 3 is 2.95 bits per heavy atom. The molecule has 1 aromatic heterocycles. The normalized spacial score (nSPS) is 11.3. The summed E-state index contributed by atoms with van der Waals surface area (Å²) in [6.07, 6.45) is 4.45. The number of benzene rings is 1. The van der Waals surface area contributed by atoms with E-state index in [1.165, 1.54) is 5.56 Å². The van der Waals surface area contributed by atoms with Gasteiger partial charge in [-0.05, 0) is 42.7 Å². The number of nitrogens with one attached hydrogen (secondary N) is 1. The molecule has 0 aliphatic rings. The van der Waals surface area contributed by atoms with E-state index in [2.05, 4.69) is 15.3 Å². The van der Waals surface area contributed by atoms with E-state index in [-0.39, 0.29) is 0 Å². The van der Waals surface area contributed by atoms with Crippen molar-refractivity contribution in [1.82, 2.24) is 4.98 Å². The van der Waals surface area contributed by atoms with Crippen molar-refractivity contribution in [1.29, 1.82) is 0 Å². The lowest BCUT2D eigenvalue weighted by Gasteiger charge is -2.06. The van der Waals surface area contributed by atoms with Crippen LogP contribution in [-0.4, -0.2) is 17.5 Å². The van der Waals surface area contributed by atoms with E-state index >= 15 is 0 Å². The molecular weight excluding hydrogens is 236 g/mol. The van der Waals surface area contributed by atoms with Crippen molar-refractivity contribution in [2.24, 2.45) is 10.7 Å². The minimum atomic E-state index is 0.439. The number of aryl methyl sites for hydroxylation is 1. The van der Waals surface area contributed by atoms with Crippen LogP contribution in [0.1, 0.15) is 11.1 Å². The number of aromatic nitrogens is 1. The third-order valence-electron chi connectivity index (χ3n) is 2.70. The SMILES string of the molecule is Cc1cccc(NC(N)=NCCc2cccnc2)c1. The summed E-state index contributed by atoms with van der Waals surface area (Å²) in [7, 11) is 0. The topological polar surface area (TPSA) is 63.3 Å². The summed E-state index contributed by atoms with van der Waals surface area (Å²) >= 11 is 0. The average Bonchev–Trinajstić information content (AvgIpc) is 2.40. The molecule has 0 unspecified atom stereocenters. The molecule has 1 heterocycles. The molecule has 0 radical (unpaired) electrons. The molecule has 0 fully saturated rings. The minimum Gasteiger partial charge on any atom is -0.370 e. The summed E-state index contributed by atoms with van der Waals surface area (Å²) in [6, 6.07) is 12.0. The van der Waals surface area contributed by atoms with Crippen LogP contribution >= 0.6 is 0 Å². The molecule has 0 aliphatic heterocycles. The second kappa shape index (κ2) is 6.54. The van der Waals surface area contributed by atoms with Crippen LogP contribution in [0.4, 0.5) is 5.69 Å². The number of hydrogen-bond acceptors (Lipinski definition) is 2. The number of guanidine groups is 1. The predicted molar refractivity (Wildman–Crippen MR) is 79.2 cm³/mol. The van der Waals surface area contributed by atoms with Crippen molar-refractivity contribution in [3.63, 3.8) is 0 Å². The highest BCUT2D eigenvalue weighted by Gasteiger charge is 1.96. The molecule has 0 amide bonds. The maximum Gasteiger partial charge on any atom is 0.193 e. The van der Waals surface area contributed by atoms with Gasteiger partial charge in [-0.2, -0.15) is 0 Å². The van der Waals surface area contributed by atoms with Crippen molar-refractivity contribution in [2.45, 2.75) is 13.3 Å². The Hall–Kier alpha value is -2.36. The molecule has 4 nitrogen and oxygen atoms in total. The maximum absolute atomic E-state index is 5.84. The fourth-order valence-electron chi connectivity index (χ4n) is 1.76. The highest BCUT2D eigenvalue weighted by Crippen LogP contribution is 2.08. The van der Waals surface area contributed by atoms with Crippen LogP contribution in [0.25, 0.3) is 0 Å². The Morgan fingerprint density at radius 2 is 2.21 bits per heavy atom. The van der Waals surface area contributed by atoms with Gasteiger partial charge in [0, 0.05) is 24.6 Å². The summed E-state index contributed by atoms with van der Waals surface area (Å²) < 4.78 is 0. The third kappa shape index (κ3) is 4.43. The molecule has 2 aromatic rings. The van der Waals surface area contributed by atoms with E-state index in [4.69, 9.17) is 5.73 Å². The summed E-state index contributed by atoms with van der Waals surface area (Å²) in [5.41, 5.74) is 9.15. The quantitative estimate of drug-likeness (QED) is 0.650. The average molecular weight is 254 g/mol. The van der Waals surface area contributed by atoms with Gasteiger partial charge in [0.15, 0.2) is 5.96 Å². The van der Waals surface area contributed by atoms with E-state index in [0.717, 1.165) is 17.7 Å². The van der Waals surface area contributed by atoms with Gasteiger partial charge < -0.3 is 11.1 Å². The predicted octanol–water partition coefficient (Wildman–Crippen LogP) is 2.36. The van der Waals surface area contributed by atoms with Gasteiger partial charge in [-0.15, -0.1) is 0 Å². The standard InChI is InChI=1S/C15H18N4/c1-12-4-2-6-14(10-12)19-15(16)18-9-7-13-5-3-8-17-11-13/h2-6,8,10-11H,7,9H2,1H3,(H3,16,18,19). The van der Waals surface area contributed by atoms with E-state index in [1.807, 2.05) is 49.5 Å². The van der Waals surface area contributed by atoms with Gasteiger partial charge in [0.1, 0.15) is 0 Å². The smallest absolute Gasteiger partial charge is 0.193 e. The van der Waals surface area contributed by atoms with Crippen molar-refractivity contribution >= 4 is 11.6 Å². The molecular formula is C15H18N4. The van der Waals surface area contributed by atoms with Gasteiger partial charge in [-0.25, -0.2) is 0 Å². The Bertz CT molecular complexity index is 549. The number of hydrogen-bond donors (Lipinski definition) is 2. The second-order valence-corrected chi connectivity index (χ2v) is 4.37. The molecule has 19 heavy (non-hydrogen) atoms. The van der Waals surface area contributed by atoms with Crippen LogP contribution < -0.4 is 11.1 Å². The molecule has 4 heteroatoms. The lowest BCUT2D eigenvalue weighted by molar-refractivity contribution is 0.955. The fourth-order valence-corrected chi connectivity index (χ4v) is 1.76. The van der Waals surface area contributed by atoms with Crippen molar-refractivity contribution in [3.05, 3.63) is 59.9 Å². The first-order chi connectivity index (χ1) is 9.24. The van der Waals surface area contributed by atoms with Gasteiger partial charge >= 0.3 is 0 Å². The summed E-state index contributed by atoms with van der Waals surface area (Å²) in [5, 5.41) is 3.08. The zero-order chi connectivity index (χ0) is 13.5. The molecule has 0 aliphatic carbocycles. The Kier molecular flexibility index (Phi) is 4.50. The number of nitrogens with zero attached hydrogens (tertiary/aromatic N) is 2. The molecule has 0 spiro atoms.